The second-order valence-electron chi connectivity index (χ2n) is 8.04. The van der Waals surface area contributed by atoms with E-state index in [4.69, 9.17) is 4.74 Å². The van der Waals surface area contributed by atoms with Crippen LogP contribution in [0.4, 0.5) is 5.00 Å². The molecular weight excluding hydrogens is 454 g/mol. The molecule has 0 aliphatic heterocycles. The Morgan fingerprint density at radius 3 is 2.56 bits per heavy atom. The van der Waals surface area contributed by atoms with Gasteiger partial charge in [-0.2, -0.15) is 0 Å². The minimum atomic E-state index is -3.76. The van der Waals surface area contributed by atoms with Crippen molar-refractivity contribution in [3.05, 3.63) is 44.7 Å². The van der Waals surface area contributed by atoms with E-state index in [-0.39, 0.29) is 11.0 Å². The lowest BCUT2D eigenvalue weighted by atomic mass is 9.95. The second-order valence-corrected chi connectivity index (χ2v) is 11.3. The van der Waals surface area contributed by atoms with Crippen molar-refractivity contribution in [2.75, 3.05) is 19.4 Å². The van der Waals surface area contributed by atoms with Gasteiger partial charge in [0.2, 0.25) is 15.9 Å². The largest absolute Gasteiger partial charge is 0.459 e. The van der Waals surface area contributed by atoms with Crippen molar-refractivity contribution in [1.82, 2.24) is 8.87 Å². The van der Waals surface area contributed by atoms with E-state index in [9.17, 15) is 22.8 Å². The molecule has 1 amide bonds. The SMILES string of the molecule is CC(C)OC(=O)c1c(NC(=O)Cn2cc(S(=O)(=O)N(C)C)ccc2=O)sc2c1CCCC2. The zero-order valence-electron chi connectivity index (χ0n) is 18.5. The number of ether oxygens (including phenoxy) is 1. The standard InChI is InChI=1S/C21H27N3O6S2/c1-13(2)30-21(27)19-15-7-5-6-8-16(15)31-20(19)22-17(25)12-24-11-14(9-10-18(24)26)32(28,29)23(3)4/h9-11,13H,5-8,12H2,1-4H3,(H,22,25). The summed E-state index contributed by atoms with van der Waals surface area (Å²) >= 11 is 1.35. The van der Waals surface area contributed by atoms with Crippen molar-refractivity contribution < 1.29 is 22.7 Å². The van der Waals surface area contributed by atoms with Crippen molar-refractivity contribution >= 4 is 38.2 Å². The van der Waals surface area contributed by atoms with Gasteiger partial charge in [0.25, 0.3) is 5.56 Å². The van der Waals surface area contributed by atoms with Crippen molar-refractivity contribution in [3.63, 3.8) is 0 Å². The summed E-state index contributed by atoms with van der Waals surface area (Å²) in [5.74, 6) is -1.02. The molecule has 1 aliphatic carbocycles. The lowest BCUT2D eigenvalue weighted by Crippen LogP contribution is -2.29. The lowest BCUT2D eigenvalue weighted by Gasteiger charge is -2.14. The summed E-state index contributed by atoms with van der Waals surface area (Å²) in [5, 5.41) is 3.14. The zero-order chi connectivity index (χ0) is 23.6. The fraction of sp³-hybridized carbons (Fsp3) is 0.476. The van der Waals surface area contributed by atoms with E-state index in [1.807, 2.05) is 0 Å². The Morgan fingerprint density at radius 1 is 1.22 bits per heavy atom. The third-order valence-electron chi connectivity index (χ3n) is 5.02. The molecule has 0 saturated carbocycles. The average Bonchev–Trinajstić information content (AvgIpc) is 3.06. The number of pyridine rings is 1. The average molecular weight is 482 g/mol. The second kappa shape index (κ2) is 9.55. The molecule has 32 heavy (non-hydrogen) atoms. The topological polar surface area (TPSA) is 115 Å². The number of nitrogens with one attached hydrogen (secondary N) is 1. The zero-order valence-corrected chi connectivity index (χ0v) is 20.1. The normalized spacial score (nSPS) is 13.8. The molecule has 2 aromatic heterocycles. The van der Waals surface area contributed by atoms with Crippen LogP contribution in [0.5, 0.6) is 0 Å². The fourth-order valence-electron chi connectivity index (χ4n) is 3.46. The molecule has 0 spiro atoms. The quantitative estimate of drug-likeness (QED) is 0.607. The number of anilines is 1. The van der Waals surface area contributed by atoms with E-state index in [1.165, 1.54) is 31.5 Å². The number of thiophene rings is 1. The first kappa shape index (κ1) is 24.1. The number of hydrogen-bond donors (Lipinski definition) is 1. The van der Waals surface area contributed by atoms with Crippen LogP contribution in [0.2, 0.25) is 0 Å². The Kier molecular flexibility index (Phi) is 7.21. The number of sulfonamides is 1. The highest BCUT2D eigenvalue weighted by Crippen LogP contribution is 2.38. The van der Waals surface area contributed by atoms with E-state index in [1.54, 1.807) is 13.8 Å². The molecule has 3 rings (SSSR count). The molecule has 0 atom stereocenters. The number of aryl methyl sites for hydroxylation is 1. The van der Waals surface area contributed by atoms with Gasteiger partial charge in [-0.3, -0.25) is 9.59 Å². The van der Waals surface area contributed by atoms with E-state index < -0.39 is 34.0 Å². The summed E-state index contributed by atoms with van der Waals surface area (Å²) in [6, 6.07) is 2.32. The minimum absolute atomic E-state index is 0.0947. The van der Waals surface area contributed by atoms with Crippen LogP contribution < -0.4 is 10.9 Å². The van der Waals surface area contributed by atoms with E-state index in [2.05, 4.69) is 5.32 Å². The molecular formula is C21H27N3O6S2. The number of nitrogens with zero attached hydrogens (tertiary/aromatic N) is 2. The van der Waals surface area contributed by atoms with Crippen LogP contribution in [-0.4, -0.2) is 49.4 Å². The van der Waals surface area contributed by atoms with Gasteiger partial charge in [0, 0.05) is 31.2 Å². The number of hydrogen-bond acceptors (Lipinski definition) is 7. The van der Waals surface area contributed by atoms with Gasteiger partial charge in [0.05, 0.1) is 16.6 Å². The summed E-state index contributed by atoms with van der Waals surface area (Å²) in [6.07, 6.45) is 4.40. The predicted molar refractivity (Wildman–Crippen MR) is 122 cm³/mol. The van der Waals surface area contributed by atoms with Crippen molar-refractivity contribution in [2.24, 2.45) is 0 Å². The van der Waals surface area contributed by atoms with E-state index in [0.29, 0.717) is 10.6 Å². The molecule has 9 nitrogen and oxygen atoms in total. The first-order valence-corrected chi connectivity index (χ1v) is 12.5. The van der Waals surface area contributed by atoms with Gasteiger partial charge in [-0.1, -0.05) is 0 Å². The predicted octanol–water partition coefficient (Wildman–Crippen LogP) is 2.24. The van der Waals surface area contributed by atoms with Crippen LogP contribution in [0.25, 0.3) is 0 Å². The van der Waals surface area contributed by atoms with Crippen LogP contribution in [0.3, 0.4) is 0 Å². The number of esters is 1. The molecule has 11 heteroatoms. The van der Waals surface area contributed by atoms with Gasteiger partial charge in [0.15, 0.2) is 0 Å². The highest BCUT2D eigenvalue weighted by atomic mass is 32.2. The summed E-state index contributed by atoms with van der Waals surface area (Å²) < 4.78 is 32.2. The monoisotopic (exact) mass is 481 g/mol. The van der Waals surface area contributed by atoms with Gasteiger partial charge in [-0.25, -0.2) is 17.5 Å². The smallest absolute Gasteiger partial charge is 0.341 e. The Hall–Kier alpha value is -2.50. The Labute approximate surface area is 191 Å². The molecule has 0 aromatic carbocycles. The van der Waals surface area contributed by atoms with Gasteiger partial charge in [-0.05, 0) is 51.2 Å². The number of carbonyl (C=O) groups is 2. The highest BCUT2D eigenvalue weighted by molar-refractivity contribution is 7.89. The molecule has 1 aliphatic rings. The third kappa shape index (κ3) is 5.11. The molecule has 2 heterocycles. The van der Waals surface area contributed by atoms with Gasteiger partial charge in [0.1, 0.15) is 11.5 Å². The highest BCUT2D eigenvalue weighted by Gasteiger charge is 2.28. The molecule has 1 N–H and O–H groups in total. The summed E-state index contributed by atoms with van der Waals surface area (Å²) in [6.45, 7) is 3.13. The first-order chi connectivity index (χ1) is 15.0. The van der Waals surface area contributed by atoms with Crippen LogP contribution in [-0.2, 0) is 38.9 Å². The fourth-order valence-corrected chi connectivity index (χ4v) is 5.68. The molecule has 0 fully saturated rings. The Morgan fingerprint density at radius 2 is 1.91 bits per heavy atom. The van der Waals surface area contributed by atoms with Crippen molar-refractivity contribution in [2.45, 2.75) is 57.1 Å². The van der Waals surface area contributed by atoms with Gasteiger partial charge in [-0.15, -0.1) is 11.3 Å². The number of carbonyl (C=O) groups excluding carboxylic acids is 2. The van der Waals surface area contributed by atoms with Crippen molar-refractivity contribution in [1.29, 1.82) is 0 Å². The molecule has 2 aromatic rings. The van der Waals surface area contributed by atoms with Crippen LogP contribution >= 0.6 is 11.3 Å². The van der Waals surface area contributed by atoms with E-state index >= 15 is 0 Å². The molecule has 0 saturated heterocycles. The van der Waals surface area contributed by atoms with Gasteiger partial charge < -0.3 is 14.6 Å². The summed E-state index contributed by atoms with van der Waals surface area (Å²) in [5.41, 5.74) is 0.782. The van der Waals surface area contributed by atoms with Crippen LogP contribution in [0.1, 0.15) is 47.5 Å². The number of rotatable bonds is 7. The van der Waals surface area contributed by atoms with E-state index in [0.717, 1.165) is 57.3 Å². The summed E-state index contributed by atoms with van der Waals surface area (Å²) in [7, 11) is -0.994. The maximum absolute atomic E-state index is 12.8. The Bertz CT molecular complexity index is 1190. The minimum Gasteiger partial charge on any atom is -0.459 e. The molecule has 174 valence electrons. The number of fused-ring (bicyclic) bond motifs is 1. The molecule has 0 bridgehead atoms. The van der Waals surface area contributed by atoms with Crippen LogP contribution in [0.15, 0.2) is 28.0 Å². The molecule has 0 radical (unpaired) electrons. The number of aromatic nitrogens is 1. The van der Waals surface area contributed by atoms with Gasteiger partial charge >= 0.3 is 5.97 Å². The van der Waals surface area contributed by atoms with Crippen molar-refractivity contribution in [3.8, 4) is 0 Å². The Balaban J connectivity index is 1.88. The first-order valence-electron chi connectivity index (χ1n) is 10.3. The maximum Gasteiger partial charge on any atom is 0.341 e. The lowest BCUT2D eigenvalue weighted by molar-refractivity contribution is -0.116. The molecule has 0 unspecified atom stereocenters. The van der Waals surface area contributed by atoms with Crippen LogP contribution in [0, 0.1) is 0 Å². The maximum atomic E-state index is 12.8. The third-order valence-corrected chi connectivity index (χ3v) is 8.03. The number of amides is 1. The summed E-state index contributed by atoms with van der Waals surface area (Å²) in [4.78, 5) is 38.7.